The van der Waals surface area contributed by atoms with E-state index in [0.717, 1.165) is 23.8 Å². The summed E-state index contributed by atoms with van der Waals surface area (Å²) >= 11 is 0. The Morgan fingerprint density at radius 2 is 1.95 bits per heavy atom. The van der Waals surface area contributed by atoms with Gasteiger partial charge in [0.1, 0.15) is 16.9 Å². The van der Waals surface area contributed by atoms with E-state index in [1.54, 1.807) is 6.92 Å². The van der Waals surface area contributed by atoms with E-state index in [1.165, 1.54) is 0 Å². The van der Waals surface area contributed by atoms with Gasteiger partial charge in [0.25, 0.3) is 0 Å². The van der Waals surface area contributed by atoms with Crippen molar-refractivity contribution in [2.75, 3.05) is 0 Å². The molecule has 1 aliphatic carbocycles. The summed E-state index contributed by atoms with van der Waals surface area (Å²) in [5.41, 5.74) is -0.386. The van der Waals surface area contributed by atoms with Crippen molar-refractivity contribution in [3.05, 3.63) is 36.1 Å². The summed E-state index contributed by atoms with van der Waals surface area (Å²) in [6, 6.07) is 9.38. The maximum Gasteiger partial charge on any atom is 0.329 e. The number of hydrogen-bond acceptors (Lipinski definition) is 3. The molecule has 1 fully saturated rings. The summed E-state index contributed by atoms with van der Waals surface area (Å²) in [6.45, 7) is 1.73. The van der Waals surface area contributed by atoms with E-state index in [2.05, 4.69) is 5.32 Å². The van der Waals surface area contributed by atoms with Gasteiger partial charge >= 0.3 is 5.97 Å². The number of amides is 1. The molecule has 0 radical (unpaired) electrons. The van der Waals surface area contributed by atoms with Gasteiger partial charge in [0.05, 0.1) is 5.92 Å². The minimum atomic E-state index is -1.11. The minimum absolute atomic E-state index is 0.302. The predicted octanol–water partition coefficient (Wildman–Crippen LogP) is 3.05. The highest BCUT2D eigenvalue weighted by Crippen LogP contribution is 2.31. The molecule has 1 aliphatic rings. The Labute approximate surface area is 128 Å². The largest absolute Gasteiger partial charge is 0.480 e. The molecule has 1 aromatic heterocycles. The van der Waals surface area contributed by atoms with Crippen LogP contribution in [-0.2, 0) is 9.59 Å². The highest BCUT2D eigenvalue weighted by molar-refractivity contribution is 5.91. The predicted molar refractivity (Wildman–Crippen MR) is 81.6 cm³/mol. The van der Waals surface area contributed by atoms with E-state index in [0.29, 0.717) is 18.6 Å². The molecule has 2 N–H and O–H groups in total. The molecule has 0 aliphatic heterocycles. The summed E-state index contributed by atoms with van der Waals surface area (Å²) in [5.74, 6) is -1.22. The third-order valence-corrected chi connectivity index (χ3v) is 4.49. The van der Waals surface area contributed by atoms with Crippen LogP contribution in [-0.4, -0.2) is 22.5 Å². The molecule has 0 spiro atoms. The zero-order chi connectivity index (χ0) is 15.7. The van der Waals surface area contributed by atoms with E-state index >= 15 is 0 Å². The number of fused-ring (bicyclic) bond motifs is 1. The lowest BCUT2D eigenvalue weighted by molar-refractivity contribution is -0.147. The van der Waals surface area contributed by atoms with Crippen molar-refractivity contribution < 1.29 is 19.1 Å². The van der Waals surface area contributed by atoms with Crippen LogP contribution in [0.4, 0.5) is 0 Å². The van der Waals surface area contributed by atoms with Gasteiger partial charge in [0.15, 0.2) is 0 Å². The smallest absolute Gasteiger partial charge is 0.329 e. The van der Waals surface area contributed by atoms with Crippen molar-refractivity contribution >= 4 is 22.8 Å². The molecule has 1 unspecified atom stereocenters. The van der Waals surface area contributed by atoms with Crippen LogP contribution >= 0.6 is 0 Å². The topological polar surface area (TPSA) is 79.5 Å². The van der Waals surface area contributed by atoms with Gasteiger partial charge in [-0.25, -0.2) is 4.79 Å². The number of rotatable bonds is 4. The molecule has 1 saturated carbocycles. The number of para-hydroxylation sites is 1. The lowest BCUT2D eigenvalue weighted by atomic mass is 9.96. The van der Waals surface area contributed by atoms with Crippen LogP contribution in [0.25, 0.3) is 11.0 Å². The lowest BCUT2D eigenvalue weighted by Crippen LogP contribution is -2.53. The van der Waals surface area contributed by atoms with Gasteiger partial charge in [-0.15, -0.1) is 0 Å². The molecule has 1 amide bonds. The van der Waals surface area contributed by atoms with Gasteiger partial charge in [-0.2, -0.15) is 0 Å². The Morgan fingerprint density at radius 1 is 1.27 bits per heavy atom. The van der Waals surface area contributed by atoms with E-state index in [9.17, 15) is 14.7 Å². The molecule has 0 bridgehead atoms. The number of aliphatic carboxylic acids is 1. The summed E-state index contributed by atoms with van der Waals surface area (Å²) < 4.78 is 5.70. The van der Waals surface area contributed by atoms with Gasteiger partial charge in [-0.05, 0) is 31.9 Å². The molecule has 0 saturated heterocycles. The SMILES string of the molecule is CC(C(=O)NC1(C(=O)O)CCCC1)c1cc2ccccc2o1. The number of carbonyl (C=O) groups excluding carboxylic acids is 1. The first kappa shape index (κ1) is 14.6. The first-order valence-electron chi connectivity index (χ1n) is 7.56. The van der Waals surface area contributed by atoms with E-state index in [-0.39, 0.29) is 5.91 Å². The maximum absolute atomic E-state index is 12.5. The Balaban J connectivity index is 1.80. The number of hydrogen-bond donors (Lipinski definition) is 2. The third kappa shape index (κ3) is 2.47. The maximum atomic E-state index is 12.5. The normalized spacial score (nSPS) is 18.2. The average molecular weight is 301 g/mol. The fraction of sp³-hybridized carbons (Fsp3) is 0.412. The fourth-order valence-corrected chi connectivity index (χ4v) is 3.06. The number of benzene rings is 1. The van der Waals surface area contributed by atoms with E-state index in [1.807, 2.05) is 30.3 Å². The van der Waals surface area contributed by atoms with Crippen LogP contribution in [0, 0.1) is 0 Å². The van der Waals surface area contributed by atoms with Crippen molar-refractivity contribution in [2.24, 2.45) is 0 Å². The molecule has 5 nitrogen and oxygen atoms in total. The van der Waals surface area contributed by atoms with Crippen molar-refractivity contribution in [1.82, 2.24) is 5.32 Å². The Bertz CT molecular complexity index is 679. The molecular formula is C17H19NO4. The highest BCUT2D eigenvalue weighted by Gasteiger charge is 2.43. The zero-order valence-electron chi connectivity index (χ0n) is 12.5. The highest BCUT2D eigenvalue weighted by atomic mass is 16.4. The van der Waals surface area contributed by atoms with Crippen LogP contribution in [0.5, 0.6) is 0 Å². The van der Waals surface area contributed by atoms with Crippen LogP contribution in [0.1, 0.15) is 44.3 Å². The monoisotopic (exact) mass is 301 g/mol. The fourth-order valence-electron chi connectivity index (χ4n) is 3.06. The van der Waals surface area contributed by atoms with E-state index < -0.39 is 17.4 Å². The first-order valence-corrected chi connectivity index (χ1v) is 7.56. The molecule has 1 aromatic carbocycles. The van der Waals surface area contributed by atoms with Gasteiger partial charge < -0.3 is 14.8 Å². The molecule has 1 heterocycles. The summed E-state index contributed by atoms with van der Waals surface area (Å²) in [4.78, 5) is 24.0. The van der Waals surface area contributed by atoms with Crippen LogP contribution in [0.3, 0.4) is 0 Å². The Kier molecular flexibility index (Phi) is 3.64. The minimum Gasteiger partial charge on any atom is -0.480 e. The van der Waals surface area contributed by atoms with Gasteiger partial charge in [0, 0.05) is 5.39 Å². The van der Waals surface area contributed by atoms with Gasteiger partial charge in [0.2, 0.25) is 5.91 Å². The number of furan rings is 1. The quantitative estimate of drug-likeness (QED) is 0.909. The zero-order valence-corrected chi connectivity index (χ0v) is 12.5. The Morgan fingerprint density at radius 3 is 2.59 bits per heavy atom. The second-order valence-electron chi connectivity index (χ2n) is 5.99. The van der Waals surface area contributed by atoms with Crippen molar-refractivity contribution in [3.8, 4) is 0 Å². The Hall–Kier alpha value is -2.30. The molecular weight excluding hydrogens is 282 g/mol. The van der Waals surface area contributed by atoms with Crippen LogP contribution in [0.15, 0.2) is 34.7 Å². The lowest BCUT2D eigenvalue weighted by Gasteiger charge is -2.26. The molecule has 1 atom stereocenters. The van der Waals surface area contributed by atoms with Crippen molar-refractivity contribution in [1.29, 1.82) is 0 Å². The summed E-state index contributed by atoms with van der Waals surface area (Å²) in [7, 11) is 0. The van der Waals surface area contributed by atoms with Crippen LogP contribution < -0.4 is 5.32 Å². The van der Waals surface area contributed by atoms with Crippen molar-refractivity contribution in [2.45, 2.75) is 44.1 Å². The van der Waals surface area contributed by atoms with E-state index in [4.69, 9.17) is 4.42 Å². The molecule has 3 rings (SSSR count). The number of carboxylic acids is 1. The summed E-state index contributed by atoms with van der Waals surface area (Å²) in [6.07, 6.45) is 2.62. The molecule has 22 heavy (non-hydrogen) atoms. The molecule has 2 aromatic rings. The molecule has 116 valence electrons. The number of carboxylic acid groups (broad SMARTS) is 1. The number of carbonyl (C=O) groups is 2. The van der Waals surface area contributed by atoms with Gasteiger partial charge in [-0.3, -0.25) is 4.79 Å². The van der Waals surface area contributed by atoms with Crippen molar-refractivity contribution in [3.63, 3.8) is 0 Å². The average Bonchev–Trinajstić information content (AvgIpc) is 3.13. The second-order valence-corrected chi connectivity index (χ2v) is 5.99. The first-order chi connectivity index (χ1) is 10.5. The van der Waals surface area contributed by atoms with Gasteiger partial charge in [-0.1, -0.05) is 31.0 Å². The number of nitrogens with one attached hydrogen (secondary N) is 1. The summed E-state index contributed by atoms with van der Waals surface area (Å²) in [5, 5.41) is 13.1. The standard InChI is InChI=1S/C17H19NO4/c1-11(14-10-12-6-2-3-7-13(12)22-14)15(19)18-17(16(20)21)8-4-5-9-17/h2-3,6-7,10-11H,4-5,8-9H2,1H3,(H,18,19)(H,20,21). The molecule has 5 heteroatoms. The second kappa shape index (κ2) is 5.48. The third-order valence-electron chi connectivity index (χ3n) is 4.49. The van der Waals surface area contributed by atoms with Crippen LogP contribution in [0.2, 0.25) is 0 Å².